The molecule has 0 aromatic carbocycles. The van der Waals surface area contributed by atoms with E-state index in [1.165, 1.54) is 0 Å². The van der Waals surface area contributed by atoms with Gasteiger partial charge in [-0.25, -0.2) is 0 Å². The summed E-state index contributed by atoms with van der Waals surface area (Å²) < 4.78 is 0. The zero-order valence-electron chi connectivity index (χ0n) is 7.31. The van der Waals surface area contributed by atoms with E-state index in [-0.39, 0.29) is 5.54 Å². The highest BCUT2D eigenvalue weighted by Crippen LogP contribution is 1.88. The van der Waals surface area contributed by atoms with E-state index in [1.54, 1.807) is 22.6 Å². The molecule has 7 heteroatoms. The average molecular weight is 151 g/mol. The molecule has 0 aliphatic carbocycles. The maximum absolute atomic E-state index is 5.35. The summed E-state index contributed by atoms with van der Waals surface area (Å²) in [4.78, 5) is 0. The SMILES string of the molecule is CC(C)(C)N.[B]1N[B]N[B]N1. The van der Waals surface area contributed by atoms with Gasteiger partial charge in [0.15, 0.2) is 0 Å². The van der Waals surface area contributed by atoms with Gasteiger partial charge in [0.1, 0.15) is 0 Å². The zero-order valence-corrected chi connectivity index (χ0v) is 7.31. The van der Waals surface area contributed by atoms with Gasteiger partial charge in [-0.3, -0.25) is 0 Å². The average Bonchev–Trinajstić information content (AvgIpc) is 1.88. The molecular formula is C4H14B3N4. The van der Waals surface area contributed by atoms with Crippen molar-refractivity contribution in [2.75, 3.05) is 0 Å². The minimum Gasteiger partial charge on any atom is -0.379 e. The molecule has 3 radical (unpaired) electrons. The number of hydrogen-bond donors (Lipinski definition) is 4. The first-order valence-corrected chi connectivity index (χ1v) is 3.52. The molecule has 4 nitrogen and oxygen atoms in total. The van der Waals surface area contributed by atoms with Crippen LogP contribution in [0.5, 0.6) is 0 Å². The summed E-state index contributed by atoms with van der Waals surface area (Å²) in [6.45, 7) is 5.90. The highest BCUT2D eigenvalue weighted by Gasteiger charge is 1.98. The number of nitrogens with one attached hydrogen (secondary N) is 3. The third-order valence-corrected chi connectivity index (χ3v) is 0.500. The van der Waals surface area contributed by atoms with Crippen LogP contribution < -0.4 is 21.2 Å². The maximum atomic E-state index is 5.35. The normalized spacial score (nSPS) is 16.4. The summed E-state index contributed by atoms with van der Waals surface area (Å²) in [6.07, 6.45) is 0. The second kappa shape index (κ2) is 5.66. The summed E-state index contributed by atoms with van der Waals surface area (Å²) in [6, 6.07) is 0. The molecule has 1 fully saturated rings. The van der Waals surface area contributed by atoms with Crippen molar-refractivity contribution in [3.63, 3.8) is 0 Å². The molecular weight excluding hydrogens is 137 g/mol. The lowest BCUT2D eigenvalue weighted by Gasteiger charge is -2.07. The summed E-state index contributed by atoms with van der Waals surface area (Å²) in [5.41, 5.74) is 5.35. The van der Waals surface area contributed by atoms with E-state index in [1.807, 2.05) is 20.8 Å². The Morgan fingerprint density at radius 2 is 1.09 bits per heavy atom. The molecule has 1 aliphatic rings. The first-order chi connectivity index (χ1) is 5.00. The standard InChI is InChI=1S/C4H11N.B3H3N3/c1-4(2,3)5;1-4-2-6-3-5-1/h5H2,1-3H3;4-6H. The lowest BCUT2D eigenvalue weighted by atomic mass is 9.85. The van der Waals surface area contributed by atoms with Crippen LogP contribution in [0.1, 0.15) is 20.8 Å². The Morgan fingerprint density at radius 3 is 1.18 bits per heavy atom. The Morgan fingerprint density at radius 1 is 0.909 bits per heavy atom. The minimum absolute atomic E-state index is 0. The van der Waals surface area contributed by atoms with E-state index < -0.39 is 0 Å². The Hall–Kier alpha value is 0.0348. The van der Waals surface area contributed by atoms with E-state index in [0.717, 1.165) is 0 Å². The van der Waals surface area contributed by atoms with Gasteiger partial charge in [0.05, 0.1) is 0 Å². The summed E-state index contributed by atoms with van der Waals surface area (Å²) in [7, 11) is 5.16. The minimum atomic E-state index is 0. The van der Waals surface area contributed by atoms with Crippen molar-refractivity contribution < 1.29 is 0 Å². The third-order valence-electron chi connectivity index (χ3n) is 0.500. The Balaban J connectivity index is 0.000000187. The van der Waals surface area contributed by atoms with Crippen molar-refractivity contribution in [3.05, 3.63) is 0 Å². The van der Waals surface area contributed by atoms with Crippen LogP contribution in [0.3, 0.4) is 0 Å². The topological polar surface area (TPSA) is 62.1 Å². The van der Waals surface area contributed by atoms with Crippen molar-refractivity contribution in [1.82, 2.24) is 15.4 Å². The van der Waals surface area contributed by atoms with Gasteiger partial charge in [0.2, 0.25) is 0 Å². The van der Waals surface area contributed by atoms with Gasteiger partial charge in [-0.2, -0.15) is 0 Å². The second-order valence-corrected chi connectivity index (χ2v) is 3.30. The molecule has 0 amide bonds. The lowest BCUT2D eigenvalue weighted by Crippen LogP contribution is -2.55. The number of nitrogens with two attached hydrogens (primary N) is 1. The maximum Gasteiger partial charge on any atom is 0.284 e. The lowest BCUT2D eigenvalue weighted by molar-refractivity contribution is 0.580. The molecule has 0 saturated carbocycles. The van der Waals surface area contributed by atoms with Gasteiger partial charge >= 0.3 is 0 Å². The van der Waals surface area contributed by atoms with E-state index in [2.05, 4.69) is 15.4 Å². The van der Waals surface area contributed by atoms with Crippen molar-refractivity contribution in [2.24, 2.45) is 5.73 Å². The molecule has 0 atom stereocenters. The number of hydrogen-bond acceptors (Lipinski definition) is 4. The first kappa shape index (κ1) is 11.0. The van der Waals surface area contributed by atoms with Gasteiger partial charge in [-0.05, 0) is 20.8 Å². The predicted molar refractivity (Wildman–Crippen MR) is 50.6 cm³/mol. The highest BCUT2D eigenvalue weighted by atomic mass is 15.0. The van der Waals surface area contributed by atoms with Crippen molar-refractivity contribution in [1.29, 1.82) is 0 Å². The predicted octanol–water partition coefficient (Wildman–Crippen LogP) is -1.88. The molecule has 1 aliphatic heterocycles. The molecule has 5 N–H and O–H groups in total. The first-order valence-electron chi connectivity index (χ1n) is 3.52. The van der Waals surface area contributed by atoms with Gasteiger partial charge in [-0.15, -0.1) is 0 Å². The van der Waals surface area contributed by atoms with Crippen LogP contribution in [-0.2, 0) is 0 Å². The van der Waals surface area contributed by atoms with Gasteiger partial charge in [0.25, 0.3) is 22.6 Å². The van der Waals surface area contributed by atoms with Gasteiger partial charge < -0.3 is 21.2 Å². The Labute approximate surface area is 70.9 Å². The monoisotopic (exact) mass is 151 g/mol. The third kappa shape index (κ3) is 17.8. The molecule has 1 rings (SSSR count). The zero-order chi connectivity index (χ0) is 8.74. The summed E-state index contributed by atoms with van der Waals surface area (Å²) in [5.74, 6) is 0. The van der Waals surface area contributed by atoms with E-state index in [9.17, 15) is 0 Å². The summed E-state index contributed by atoms with van der Waals surface area (Å²) >= 11 is 0. The molecule has 0 aromatic rings. The fourth-order valence-electron chi connectivity index (χ4n) is 0.269. The fraction of sp³-hybridized carbons (Fsp3) is 1.00. The van der Waals surface area contributed by atoms with Crippen LogP contribution in [-0.4, -0.2) is 28.2 Å². The van der Waals surface area contributed by atoms with Crippen LogP contribution in [0, 0.1) is 0 Å². The molecule has 0 unspecified atom stereocenters. The Bertz CT molecular complexity index is 72.3. The van der Waals surface area contributed by atoms with Gasteiger partial charge in [-0.1, -0.05) is 0 Å². The van der Waals surface area contributed by atoms with E-state index >= 15 is 0 Å². The van der Waals surface area contributed by atoms with Gasteiger partial charge in [0, 0.05) is 5.54 Å². The molecule has 0 bridgehead atoms. The van der Waals surface area contributed by atoms with Crippen LogP contribution in [0.4, 0.5) is 0 Å². The molecule has 1 heterocycles. The van der Waals surface area contributed by atoms with Crippen LogP contribution >= 0.6 is 0 Å². The molecule has 0 aromatic heterocycles. The van der Waals surface area contributed by atoms with E-state index in [4.69, 9.17) is 5.73 Å². The highest BCUT2D eigenvalue weighted by molar-refractivity contribution is 6.65. The largest absolute Gasteiger partial charge is 0.379 e. The smallest absolute Gasteiger partial charge is 0.284 e. The molecule has 0 spiro atoms. The number of rotatable bonds is 0. The molecule has 11 heavy (non-hydrogen) atoms. The quantitative estimate of drug-likeness (QED) is 0.305. The molecule has 59 valence electrons. The molecule has 1 saturated heterocycles. The van der Waals surface area contributed by atoms with Crippen molar-refractivity contribution >= 4 is 22.6 Å². The Kier molecular flexibility index (Phi) is 5.67. The van der Waals surface area contributed by atoms with Crippen molar-refractivity contribution in [2.45, 2.75) is 26.3 Å². The van der Waals surface area contributed by atoms with Crippen LogP contribution in [0.25, 0.3) is 0 Å². The van der Waals surface area contributed by atoms with Crippen molar-refractivity contribution in [3.8, 4) is 0 Å². The second-order valence-electron chi connectivity index (χ2n) is 3.30. The van der Waals surface area contributed by atoms with E-state index in [0.29, 0.717) is 0 Å². The fourth-order valence-corrected chi connectivity index (χ4v) is 0.269. The summed E-state index contributed by atoms with van der Waals surface area (Å²) in [5, 5.41) is 8.34. The van der Waals surface area contributed by atoms with Crippen LogP contribution in [0.2, 0.25) is 0 Å². The van der Waals surface area contributed by atoms with Crippen LogP contribution in [0.15, 0.2) is 0 Å².